The lowest BCUT2D eigenvalue weighted by atomic mass is 9.76. The number of benzene rings is 1. The summed E-state index contributed by atoms with van der Waals surface area (Å²) in [6, 6.07) is 5.68. The van der Waals surface area contributed by atoms with Crippen LogP contribution < -0.4 is 10.2 Å². The van der Waals surface area contributed by atoms with Crippen molar-refractivity contribution in [2.45, 2.75) is 85.4 Å². The summed E-state index contributed by atoms with van der Waals surface area (Å²) in [6.07, 6.45) is 4.67. The number of hydrogen-bond donors (Lipinski definition) is 1. The van der Waals surface area contributed by atoms with E-state index in [4.69, 9.17) is 14.5 Å². The van der Waals surface area contributed by atoms with Gasteiger partial charge < -0.3 is 19.7 Å². The number of piperidine rings is 1. The van der Waals surface area contributed by atoms with Crippen molar-refractivity contribution in [2.75, 3.05) is 31.1 Å². The third kappa shape index (κ3) is 9.04. The number of rotatable bonds is 13. The molecule has 0 spiro atoms. The number of fused-ring (bicyclic) bond motifs is 1. The van der Waals surface area contributed by atoms with Crippen molar-refractivity contribution in [2.24, 2.45) is 5.41 Å². The summed E-state index contributed by atoms with van der Waals surface area (Å²) >= 11 is 3.28. The van der Waals surface area contributed by atoms with Crippen molar-refractivity contribution in [3.8, 4) is 0 Å². The Kier molecular flexibility index (Phi) is 11.6. The number of carbonyl (C=O) groups is 3. The Balaban J connectivity index is 1.70. The number of ketones is 1. The van der Waals surface area contributed by atoms with E-state index in [1.165, 1.54) is 18.2 Å². The molecule has 47 heavy (non-hydrogen) atoms. The van der Waals surface area contributed by atoms with Crippen molar-refractivity contribution in [3.05, 3.63) is 69.7 Å². The van der Waals surface area contributed by atoms with E-state index in [0.29, 0.717) is 45.8 Å². The highest BCUT2D eigenvalue weighted by Crippen LogP contribution is 2.41. The molecule has 1 aromatic carbocycles. The van der Waals surface area contributed by atoms with Gasteiger partial charge in [-0.05, 0) is 83.4 Å². The molecular formula is C35H45BrFN5O5. The standard InChI is InChI=1S/C35H45BrFN5O5/c1-8-10-13-35(7)14-16-41(17-15-35)32-29(30(33(45)46-9-2)47-34(4,5)6)22(3)39-28-20-27(40-42(28)32)31(44)38-21-25(43)18-23-11-12-24(37)19-26(23)36/h8,11-12,19-20,30H,1,9-10,13-18,21H2,2-7H3,(H,38,44)/t30-/m0/s1. The van der Waals surface area contributed by atoms with Crippen LogP contribution in [0.4, 0.5) is 10.2 Å². The first kappa shape index (κ1) is 36.2. The van der Waals surface area contributed by atoms with Gasteiger partial charge in [0, 0.05) is 35.7 Å². The van der Waals surface area contributed by atoms with E-state index >= 15 is 0 Å². The maximum absolute atomic E-state index is 13.5. The smallest absolute Gasteiger partial charge is 0.340 e. The highest BCUT2D eigenvalue weighted by molar-refractivity contribution is 9.10. The van der Waals surface area contributed by atoms with Crippen LogP contribution in [0.1, 0.15) is 93.7 Å². The van der Waals surface area contributed by atoms with E-state index in [1.807, 2.05) is 33.8 Å². The van der Waals surface area contributed by atoms with Crippen LogP contribution in [0.5, 0.6) is 0 Å². The molecule has 0 unspecified atom stereocenters. The van der Waals surface area contributed by atoms with Crippen LogP contribution in [0.15, 0.2) is 41.4 Å². The lowest BCUT2D eigenvalue weighted by molar-refractivity contribution is -0.166. The minimum atomic E-state index is -1.08. The van der Waals surface area contributed by atoms with E-state index in [0.717, 1.165) is 25.7 Å². The third-order valence-corrected chi connectivity index (χ3v) is 9.08. The first-order valence-corrected chi connectivity index (χ1v) is 16.8. The number of aryl methyl sites for hydroxylation is 1. The predicted octanol–water partition coefficient (Wildman–Crippen LogP) is 6.47. The van der Waals surface area contributed by atoms with Gasteiger partial charge in [-0.15, -0.1) is 6.58 Å². The highest BCUT2D eigenvalue weighted by atomic mass is 79.9. The van der Waals surface area contributed by atoms with Gasteiger partial charge in [0.1, 0.15) is 11.6 Å². The maximum atomic E-state index is 13.5. The van der Waals surface area contributed by atoms with Crippen LogP contribution in [0.25, 0.3) is 5.65 Å². The summed E-state index contributed by atoms with van der Waals surface area (Å²) in [5, 5.41) is 7.32. The molecule has 12 heteroatoms. The fraction of sp³-hybridized carbons (Fsp3) is 0.514. The monoisotopic (exact) mass is 713 g/mol. The number of nitrogens with one attached hydrogen (secondary N) is 1. The third-order valence-electron chi connectivity index (χ3n) is 8.34. The van der Waals surface area contributed by atoms with Crippen molar-refractivity contribution >= 4 is 45.1 Å². The number of anilines is 1. The van der Waals surface area contributed by atoms with Crippen molar-refractivity contribution in [1.82, 2.24) is 19.9 Å². The molecule has 1 amide bonds. The molecule has 1 atom stereocenters. The van der Waals surface area contributed by atoms with Crippen LogP contribution in [0, 0.1) is 18.2 Å². The Morgan fingerprint density at radius 2 is 1.91 bits per heavy atom. The summed E-state index contributed by atoms with van der Waals surface area (Å²) < 4.78 is 27.4. The molecule has 254 valence electrons. The quantitative estimate of drug-likeness (QED) is 0.158. The van der Waals surface area contributed by atoms with Gasteiger partial charge in [-0.25, -0.2) is 14.2 Å². The maximum Gasteiger partial charge on any atom is 0.340 e. The Bertz CT molecular complexity index is 1640. The van der Waals surface area contributed by atoms with Gasteiger partial charge >= 0.3 is 5.97 Å². The Labute approximate surface area is 284 Å². The number of halogens is 2. The second-order valence-electron chi connectivity index (χ2n) is 13.4. The normalized spacial score (nSPS) is 15.4. The van der Waals surface area contributed by atoms with Crippen LogP contribution in [0.2, 0.25) is 0 Å². The molecule has 4 rings (SSSR count). The summed E-state index contributed by atoms with van der Waals surface area (Å²) in [5.74, 6) is -1.12. The Hall–Kier alpha value is -3.64. The zero-order valence-corrected chi connectivity index (χ0v) is 29.7. The minimum absolute atomic E-state index is 0.0181. The van der Waals surface area contributed by atoms with Crippen LogP contribution in [-0.2, 0) is 25.5 Å². The van der Waals surface area contributed by atoms with Gasteiger partial charge in [-0.1, -0.05) is 35.0 Å². The molecule has 0 radical (unpaired) electrons. The average Bonchev–Trinajstić information content (AvgIpc) is 3.42. The minimum Gasteiger partial charge on any atom is -0.464 e. The van der Waals surface area contributed by atoms with E-state index < -0.39 is 29.4 Å². The Morgan fingerprint density at radius 1 is 1.21 bits per heavy atom. The number of hydrogen-bond acceptors (Lipinski definition) is 8. The molecule has 1 fully saturated rings. The van der Waals surface area contributed by atoms with Gasteiger partial charge in [0.15, 0.2) is 23.2 Å². The molecule has 1 aliphatic rings. The molecule has 10 nitrogen and oxygen atoms in total. The van der Waals surface area contributed by atoms with Crippen molar-refractivity contribution in [3.63, 3.8) is 0 Å². The van der Waals surface area contributed by atoms with Crippen LogP contribution >= 0.6 is 15.9 Å². The van der Waals surface area contributed by atoms with Crippen molar-refractivity contribution < 1.29 is 28.2 Å². The fourth-order valence-corrected chi connectivity index (χ4v) is 6.29. The SMILES string of the molecule is C=CCCC1(C)CCN(c2c([C@H](OC(C)(C)C)C(=O)OCC)c(C)nc3cc(C(=O)NCC(=O)Cc4ccc(F)cc4Br)nn23)CC1. The first-order valence-electron chi connectivity index (χ1n) is 16.0. The van der Waals surface area contributed by atoms with Crippen LogP contribution in [0.3, 0.4) is 0 Å². The lowest BCUT2D eigenvalue weighted by Gasteiger charge is -2.41. The van der Waals surface area contributed by atoms with E-state index in [-0.39, 0.29) is 36.5 Å². The second-order valence-corrected chi connectivity index (χ2v) is 14.2. The molecule has 0 bridgehead atoms. The molecule has 3 heterocycles. The summed E-state index contributed by atoms with van der Waals surface area (Å²) in [6.45, 7) is 16.7. The number of nitrogens with zero attached hydrogens (tertiary/aromatic N) is 4. The van der Waals surface area contributed by atoms with Gasteiger partial charge in [0.05, 0.1) is 24.3 Å². The van der Waals surface area contributed by atoms with E-state index in [1.54, 1.807) is 17.5 Å². The molecule has 1 aliphatic heterocycles. The lowest BCUT2D eigenvalue weighted by Crippen LogP contribution is -2.41. The summed E-state index contributed by atoms with van der Waals surface area (Å²) in [7, 11) is 0. The number of carbonyl (C=O) groups excluding carboxylic acids is 3. The molecule has 0 saturated carbocycles. The molecule has 1 saturated heterocycles. The van der Waals surface area contributed by atoms with Gasteiger partial charge in [0.2, 0.25) is 0 Å². The van der Waals surface area contributed by atoms with Crippen molar-refractivity contribution in [1.29, 1.82) is 0 Å². The summed E-state index contributed by atoms with van der Waals surface area (Å²) in [5.41, 5.74) is 1.66. The van der Waals surface area contributed by atoms with E-state index in [2.05, 4.69) is 44.7 Å². The molecule has 2 aromatic heterocycles. The number of amides is 1. The topological polar surface area (TPSA) is 115 Å². The molecule has 1 N–H and O–H groups in total. The van der Waals surface area contributed by atoms with Crippen LogP contribution in [-0.4, -0.2) is 64.1 Å². The second kappa shape index (κ2) is 15.1. The fourth-order valence-electron chi connectivity index (χ4n) is 5.80. The zero-order valence-electron chi connectivity index (χ0n) is 28.1. The van der Waals surface area contributed by atoms with Gasteiger partial charge in [-0.3, -0.25) is 9.59 Å². The van der Waals surface area contributed by atoms with Gasteiger partial charge in [0.25, 0.3) is 5.91 Å². The number of Topliss-reactive ketones (excluding diaryl/α,β-unsaturated/α-hetero) is 1. The predicted molar refractivity (Wildman–Crippen MR) is 182 cm³/mol. The van der Waals surface area contributed by atoms with E-state index in [9.17, 15) is 18.8 Å². The highest BCUT2D eigenvalue weighted by Gasteiger charge is 2.38. The average molecular weight is 715 g/mol. The largest absolute Gasteiger partial charge is 0.464 e. The first-order chi connectivity index (χ1) is 22.1. The summed E-state index contributed by atoms with van der Waals surface area (Å²) in [4.78, 5) is 46.4. The number of aromatic nitrogens is 3. The number of ether oxygens (including phenoxy) is 2. The van der Waals surface area contributed by atoms with Gasteiger partial charge in [-0.2, -0.15) is 9.61 Å². The number of esters is 1. The zero-order chi connectivity index (χ0) is 34.5. The molecule has 0 aliphatic carbocycles. The number of allylic oxidation sites excluding steroid dienone is 1. The Morgan fingerprint density at radius 3 is 2.53 bits per heavy atom. The molecular weight excluding hydrogens is 669 g/mol. The molecule has 3 aromatic rings.